The van der Waals surface area contributed by atoms with Crippen LogP contribution in [0.3, 0.4) is 0 Å². The lowest BCUT2D eigenvalue weighted by Crippen LogP contribution is -2.44. The fraction of sp³-hybridized carbons (Fsp3) is 0.467. The largest absolute Gasteiger partial charge is 0.481 e. The summed E-state index contributed by atoms with van der Waals surface area (Å²) in [6, 6.07) is 3.28. The third kappa shape index (κ3) is 3.56. The van der Waals surface area contributed by atoms with Crippen LogP contribution in [0, 0.1) is 11.6 Å². The molecule has 0 unspecified atom stereocenters. The number of amides is 1. The summed E-state index contributed by atoms with van der Waals surface area (Å²) in [7, 11) is 0. The Labute approximate surface area is 121 Å². The molecule has 1 heterocycles. The molecule has 2 rings (SSSR count). The van der Waals surface area contributed by atoms with Gasteiger partial charge in [-0.3, -0.25) is 9.59 Å². The van der Waals surface area contributed by atoms with Crippen LogP contribution in [0.15, 0.2) is 18.2 Å². The van der Waals surface area contributed by atoms with Crippen molar-refractivity contribution in [3.8, 4) is 0 Å². The third-order valence-corrected chi connectivity index (χ3v) is 3.76. The zero-order valence-electron chi connectivity index (χ0n) is 11.5. The summed E-state index contributed by atoms with van der Waals surface area (Å²) in [5, 5.41) is 8.75. The standard InChI is InChI=1S/C15H17F2NO3/c16-12-6-3-5-11(14(12)17)15(21)18-9-2-1-4-10(18)7-8-13(19)20/h3,5-6,10H,1-2,4,7-9H2,(H,19,20)/t10-/m1/s1. The topological polar surface area (TPSA) is 57.6 Å². The van der Waals surface area contributed by atoms with Crippen LogP contribution in [0.1, 0.15) is 42.5 Å². The first kappa shape index (κ1) is 15.4. The average molecular weight is 297 g/mol. The molecular weight excluding hydrogens is 280 g/mol. The molecule has 0 spiro atoms. The molecule has 114 valence electrons. The molecule has 0 radical (unpaired) electrons. The number of halogens is 2. The summed E-state index contributed by atoms with van der Waals surface area (Å²) in [6.07, 6.45) is 2.67. The first-order valence-corrected chi connectivity index (χ1v) is 6.97. The van der Waals surface area contributed by atoms with Gasteiger partial charge in [-0.1, -0.05) is 6.07 Å². The van der Waals surface area contributed by atoms with Gasteiger partial charge >= 0.3 is 5.97 Å². The van der Waals surface area contributed by atoms with E-state index >= 15 is 0 Å². The van der Waals surface area contributed by atoms with Gasteiger partial charge in [0.2, 0.25) is 0 Å². The number of hydrogen-bond donors (Lipinski definition) is 1. The Hall–Kier alpha value is -1.98. The molecule has 1 N–H and O–H groups in total. The van der Waals surface area contributed by atoms with Crippen molar-refractivity contribution >= 4 is 11.9 Å². The minimum Gasteiger partial charge on any atom is -0.481 e. The molecule has 1 fully saturated rings. The highest BCUT2D eigenvalue weighted by molar-refractivity contribution is 5.94. The molecule has 0 bridgehead atoms. The molecule has 21 heavy (non-hydrogen) atoms. The molecule has 1 aromatic carbocycles. The maximum absolute atomic E-state index is 13.7. The van der Waals surface area contributed by atoms with Gasteiger partial charge in [0.1, 0.15) is 0 Å². The van der Waals surface area contributed by atoms with Gasteiger partial charge in [0.15, 0.2) is 11.6 Å². The van der Waals surface area contributed by atoms with Crippen LogP contribution in [0.25, 0.3) is 0 Å². The molecule has 1 saturated heterocycles. The summed E-state index contributed by atoms with van der Waals surface area (Å²) in [5.41, 5.74) is -0.294. The number of rotatable bonds is 4. The molecule has 0 aliphatic carbocycles. The highest BCUT2D eigenvalue weighted by atomic mass is 19.2. The monoisotopic (exact) mass is 297 g/mol. The maximum Gasteiger partial charge on any atom is 0.303 e. The first-order chi connectivity index (χ1) is 10.0. The van der Waals surface area contributed by atoms with Crippen molar-refractivity contribution in [2.45, 2.75) is 38.1 Å². The van der Waals surface area contributed by atoms with Crippen molar-refractivity contribution in [1.82, 2.24) is 4.90 Å². The number of benzene rings is 1. The van der Waals surface area contributed by atoms with Crippen molar-refractivity contribution in [3.63, 3.8) is 0 Å². The molecule has 0 saturated carbocycles. The molecule has 1 amide bonds. The Bertz CT molecular complexity index is 548. The van der Waals surface area contributed by atoms with Gasteiger partial charge in [0.25, 0.3) is 5.91 Å². The normalized spacial score (nSPS) is 18.6. The smallest absolute Gasteiger partial charge is 0.303 e. The van der Waals surface area contributed by atoms with Gasteiger partial charge in [0.05, 0.1) is 5.56 Å². The number of piperidine rings is 1. The van der Waals surface area contributed by atoms with E-state index in [1.807, 2.05) is 0 Å². The number of carbonyl (C=O) groups excluding carboxylic acids is 1. The number of likely N-dealkylation sites (tertiary alicyclic amines) is 1. The SMILES string of the molecule is O=C(O)CC[C@H]1CCCCN1C(=O)c1cccc(F)c1F. The van der Waals surface area contributed by atoms with E-state index in [4.69, 9.17) is 5.11 Å². The van der Waals surface area contributed by atoms with Crippen LogP contribution in [-0.4, -0.2) is 34.5 Å². The highest BCUT2D eigenvalue weighted by Crippen LogP contribution is 2.24. The van der Waals surface area contributed by atoms with Gasteiger partial charge in [0, 0.05) is 19.0 Å². The number of aliphatic carboxylic acids is 1. The van der Waals surface area contributed by atoms with Gasteiger partial charge in [-0.05, 0) is 37.8 Å². The number of hydrogen-bond acceptors (Lipinski definition) is 2. The molecular formula is C15H17F2NO3. The predicted octanol–water partition coefficient (Wildman–Crippen LogP) is 2.82. The molecule has 1 aromatic rings. The van der Waals surface area contributed by atoms with Gasteiger partial charge in [-0.25, -0.2) is 8.78 Å². The Kier molecular flexibility index (Phi) is 4.88. The first-order valence-electron chi connectivity index (χ1n) is 6.97. The number of nitrogens with zero attached hydrogens (tertiary/aromatic N) is 1. The third-order valence-electron chi connectivity index (χ3n) is 3.76. The molecule has 1 aliphatic rings. The van der Waals surface area contributed by atoms with Crippen molar-refractivity contribution < 1.29 is 23.5 Å². The zero-order chi connectivity index (χ0) is 15.4. The fourth-order valence-electron chi connectivity index (χ4n) is 2.68. The van der Waals surface area contributed by atoms with Crippen molar-refractivity contribution in [2.75, 3.05) is 6.54 Å². The van der Waals surface area contributed by atoms with Crippen molar-refractivity contribution in [3.05, 3.63) is 35.4 Å². The van der Waals surface area contributed by atoms with Crippen LogP contribution in [0.5, 0.6) is 0 Å². The Morgan fingerprint density at radius 1 is 1.29 bits per heavy atom. The number of carbonyl (C=O) groups is 2. The Morgan fingerprint density at radius 2 is 2.05 bits per heavy atom. The zero-order valence-corrected chi connectivity index (χ0v) is 11.5. The summed E-state index contributed by atoms with van der Waals surface area (Å²) < 4.78 is 27.0. The Morgan fingerprint density at radius 3 is 2.76 bits per heavy atom. The van der Waals surface area contributed by atoms with Crippen molar-refractivity contribution in [1.29, 1.82) is 0 Å². The highest BCUT2D eigenvalue weighted by Gasteiger charge is 2.29. The predicted molar refractivity (Wildman–Crippen MR) is 71.9 cm³/mol. The molecule has 6 heteroatoms. The number of carboxylic acid groups (broad SMARTS) is 1. The summed E-state index contributed by atoms with van der Waals surface area (Å²) in [4.78, 5) is 24.6. The van der Waals surface area contributed by atoms with E-state index in [0.29, 0.717) is 19.4 Å². The lowest BCUT2D eigenvalue weighted by Gasteiger charge is -2.35. The average Bonchev–Trinajstić information content (AvgIpc) is 2.47. The fourth-order valence-corrected chi connectivity index (χ4v) is 2.68. The van der Waals surface area contributed by atoms with Gasteiger partial charge in [-0.2, -0.15) is 0 Å². The number of carboxylic acids is 1. The van der Waals surface area contributed by atoms with E-state index < -0.39 is 23.5 Å². The van der Waals surface area contributed by atoms with E-state index in [1.54, 1.807) is 0 Å². The van der Waals surface area contributed by atoms with E-state index in [0.717, 1.165) is 18.9 Å². The minimum absolute atomic E-state index is 0.0416. The lowest BCUT2D eigenvalue weighted by molar-refractivity contribution is -0.137. The second-order valence-corrected chi connectivity index (χ2v) is 5.18. The second-order valence-electron chi connectivity index (χ2n) is 5.18. The Balaban J connectivity index is 2.18. The minimum atomic E-state index is -1.15. The van der Waals surface area contributed by atoms with Crippen LogP contribution in [0.2, 0.25) is 0 Å². The van der Waals surface area contributed by atoms with E-state index in [9.17, 15) is 18.4 Å². The van der Waals surface area contributed by atoms with Crippen molar-refractivity contribution in [2.24, 2.45) is 0 Å². The summed E-state index contributed by atoms with van der Waals surface area (Å²) >= 11 is 0. The second kappa shape index (κ2) is 6.65. The quantitative estimate of drug-likeness (QED) is 0.929. The van der Waals surface area contributed by atoms with Crippen LogP contribution >= 0.6 is 0 Å². The summed E-state index contributed by atoms with van der Waals surface area (Å²) in [5.74, 6) is -3.70. The van der Waals surface area contributed by atoms with Crippen LogP contribution in [-0.2, 0) is 4.79 Å². The maximum atomic E-state index is 13.7. The van der Waals surface area contributed by atoms with Gasteiger partial charge < -0.3 is 10.0 Å². The summed E-state index contributed by atoms with van der Waals surface area (Å²) in [6.45, 7) is 0.444. The molecule has 1 atom stereocenters. The van der Waals surface area contributed by atoms with E-state index in [2.05, 4.69) is 0 Å². The van der Waals surface area contributed by atoms with E-state index in [-0.39, 0.29) is 18.0 Å². The van der Waals surface area contributed by atoms with Crippen LogP contribution in [0.4, 0.5) is 8.78 Å². The molecule has 0 aromatic heterocycles. The van der Waals surface area contributed by atoms with Crippen LogP contribution < -0.4 is 0 Å². The molecule has 4 nitrogen and oxygen atoms in total. The molecule has 1 aliphatic heterocycles. The van der Waals surface area contributed by atoms with E-state index in [1.165, 1.54) is 17.0 Å². The lowest BCUT2D eigenvalue weighted by atomic mass is 9.97. The van der Waals surface area contributed by atoms with Gasteiger partial charge in [-0.15, -0.1) is 0 Å².